The maximum absolute atomic E-state index is 13.8. The lowest BCUT2D eigenvalue weighted by atomic mass is 10.1. The van der Waals surface area contributed by atoms with Gasteiger partial charge in [-0.05, 0) is 13.3 Å². The minimum atomic E-state index is -5.01. The number of ether oxygens (including phenoxy) is 2. The first-order valence-electron chi connectivity index (χ1n) is 6.05. The van der Waals surface area contributed by atoms with Gasteiger partial charge in [0.25, 0.3) is 12.1 Å². The van der Waals surface area contributed by atoms with Gasteiger partial charge in [0, 0.05) is 13.1 Å². The molecule has 1 aliphatic rings. The van der Waals surface area contributed by atoms with Crippen molar-refractivity contribution >= 4 is 0 Å². The van der Waals surface area contributed by atoms with Crippen molar-refractivity contribution < 1.29 is 27.0 Å². The van der Waals surface area contributed by atoms with Crippen molar-refractivity contribution in [3.63, 3.8) is 0 Å². The molecule has 0 bridgehead atoms. The van der Waals surface area contributed by atoms with E-state index < -0.39 is 24.4 Å². The highest BCUT2D eigenvalue weighted by atomic mass is 19.4. The molecule has 1 fully saturated rings. The minimum absolute atomic E-state index is 0.0498. The van der Waals surface area contributed by atoms with Gasteiger partial charge < -0.3 is 9.47 Å². The summed E-state index contributed by atoms with van der Waals surface area (Å²) in [5.74, 6) is -2.35. The summed E-state index contributed by atoms with van der Waals surface area (Å²) >= 11 is 0. The molecule has 1 rings (SSSR count). The Morgan fingerprint density at radius 1 is 1.33 bits per heavy atom. The zero-order valence-corrected chi connectivity index (χ0v) is 10.8. The Morgan fingerprint density at radius 3 is 2.28 bits per heavy atom. The molecular formula is C11H19F4NO2. The lowest BCUT2D eigenvalue weighted by Crippen LogP contribution is -2.65. The number of halogens is 4. The molecule has 0 aromatic rings. The predicted molar refractivity (Wildman–Crippen MR) is 57.7 cm³/mol. The van der Waals surface area contributed by atoms with Crippen LogP contribution in [0.25, 0.3) is 0 Å². The third-order valence-corrected chi connectivity index (χ3v) is 3.02. The van der Waals surface area contributed by atoms with Crippen LogP contribution in [0.2, 0.25) is 0 Å². The van der Waals surface area contributed by atoms with Crippen LogP contribution in [0.5, 0.6) is 0 Å². The topological polar surface area (TPSA) is 21.7 Å². The Kier molecular flexibility index (Phi) is 4.97. The zero-order chi connectivity index (χ0) is 14.0. The Hall–Kier alpha value is -0.400. The molecule has 1 saturated heterocycles. The molecule has 0 aromatic heterocycles. The van der Waals surface area contributed by atoms with Crippen molar-refractivity contribution in [3.8, 4) is 0 Å². The van der Waals surface area contributed by atoms with Crippen LogP contribution in [0.4, 0.5) is 17.6 Å². The van der Waals surface area contributed by atoms with Gasteiger partial charge in [-0.3, -0.25) is 4.90 Å². The number of rotatable bonds is 4. The van der Waals surface area contributed by atoms with Gasteiger partial charge in [0.1, 0.15) is 0 Å². The Labute approximate surface area is 104 Å². The Balaban J connectivity index is 3.07. The average molecular weight is 273 g/mol. The van der Waals surface area contributed by atoms with Gasteiger partial charge in [0.15, 0.2) is 0 Å². The van der Waals surface area contributed by atoms with Gasteiger partial charge >= 0.3 is 6.18 Å². The van der Waals surface area contributed by atoms with Crippen LogP contribution in [0, 0.1) is 0 Å². The lowest BCUT2D eigenvalue weighted by molar-refractivity contribution is -0.412. The summed E-state index contributed by atoms with van der Waals surface area (Å²) < 4.78 is 62.2. The number of hydrogen-bond acceptors (Lipinski definition) is 3. The smallest absolute Gasteiger partial charge is 0.335 e. The molecule has 3 nitrogen and oxygen atoms in total. The molecule has 18 heavy (non-hydrogen) atoms. The molecule has 7 heteroatoms. The normalized spacial score (nSPS) is 31.7. The third-order valence-electron chi connectivity index (χ3n) is 3.02. The first-order chi connectivity index (χ1) is 8.28. The molecule has 3 unspecified atom stereocenters. The van der Waals surface area contributed by atoms with Gasteiger partial charge in [-0.2, -0.15) is 13.2 Å². The van der Waals surface area contributed by atoms with Gasteiger partial charge in [-0.25, -0.2) is 4.39 Å². The largest absolute Gasteiger partial charge is 0.426 e. The molecular weight excluding hydrogens is 254 g/mol. The summed E-state index contributed by atoms with van der Waals surface area (Å²) in [5.41, 5.74) is 0. The number of alkyl halides is 4. The molecule has 0 amide bonds. The molecule has 108 valence electrons. The monoisotopic (exact) mass is 273 g/mol. The molecule has 1 aliphatic heterocycles. The van der Waals surface area contributed by atoms with E-state index in [4.69, 9.17) is 9.47 Å². The van der Waals surface area contributed by atoms with E-state index in [1.807, 2.05) is 0 Å². The maximum atomic E-state index is 13.8. The van der Waals surface area contributed by atoms with Gasteiger partial charge in [-0.1, -0.05) is 13.8 Å². The highest BCUT2D eigenvalue weighted by Crippen LogP contribution is 2.39. The molecule has 0 N–H and O–H groups in total. The van der Waals surface area contributed by atoms with E-state index in [9.17, 15) is 17.6 Å². The predicted octanol–water partition coefficient (Wildman–Crippen LogP) is 2.71. The van der Waals surface area contributed by atoms with Crippen LogP contribution in [0.1, 0.15) is 27.2 Å². The molecule has 3 atom stereocenters. The highest BCUT2D eigenvalue weighted by molar-refractivity contribution is 4.88. The maximum Gasteiger partial charge on any atom is 0.426 e. The second-order valence-electron chi connectivity index (χ2n) is 4.27. The third kappa shape index (κ3) is 2.95. The average Bonchev–Trinajstić information content (AvgIpc) is 2.28. The molecule has 0 spiro atoms. The molecule has 1 heterocycles. The molecule has 0 saturated carbocycles. The van der Waals surface area contributed by atoms with Crippen LogP contribution in [0.15, 0.2) is 0 Å². The van der Waals surface area contributed by atoms with Crippen molar-refractivity contribution in [3.05, 3.63) is 0 Å². The van der Waals surface area contributed by atoms with Crippen molar-refractivity contribution in [2.45, 2.75) is 51.6 Å². The quantitative estimate of drug-likeness (QED) is 0.735. The van der Waals surface area contributed by atoms with E-state index in [1.54, 1.807) is 20.8 Å². The number of nitrogens with zero attached hydrogens (tertiary/aromatic N) is 1. The zero-order valence-electron chi connectivity index (χ0n) is 10.8. The first kappa shape index (κ1) is 15.7. The van der Waals surface area contributed by atoms with E-state index >= 15 is 0 Å². The van der Waals surface area contributed by atoms with E-state index in [1.165, 1.54) is 4.90 Å². The molecule has 0 aromatic carbocycles. The summed E-state index contributed by atoms with van der Waals surface area (Å²) in [4.78, 5) is 1.22. The fraction of sp³-hybridized carbons (Fsp3) is 1.00. The van der Waals surface area contributed by atoms with Gasteiger partial charge in [-0.15, -0.1) is 0 Å². The van der Waals surface area contributed by atoms with Crippen molar-refractivity contribution in [2.24, 2.45) is 0 Å². The van der Waals surface area contributed by atoms with Crippen LogP contribution in [0.3, 0.4) is 0 Å². The summed E-state index contributed by atoms with van der Waals surface area (Å²) in [6.45, 7) is 5.36. The van der Waals surface area contributed by atoms with Crippen LogP contribution < -0.4 is 0 Å². The fourth-order valence-electron chi connectivity index (χ4n) is 2.08. The summed E-state index contributed by atoms with van der Waals surface area (Å²) in [7, 11) is 0. The Morgan fingerprint density at radius 2 is 1.89 bits per heavy atom. The van der Waals surface area contributed by atoms with Gasteiger partial charge in [0.2, 0.25) is 0 Å². The van der Waals surface area contributed by atoms with Gasteiger partial charge in [0.05, 0.1) is 12.7 Å². The van der Waals surface area contributed by atoms with Crippen molar-refractivity contribution in [1.82, 2.24) is 4.90 Å². The fourth-order valence-corrected chi connectivity index (χ4v) is 2.08. The lowest BCUT2D eigenvalue weighted by Gasteiger charge is -2.47. The molecule has 0 radical (unpaired) electrons. The second kappa shape index (κ2) is 5.71. The SMILES string of the molecule is CCN(CC)C1(C(F)C(F)(F)F)OCCC(C)O1. The summed E-state index contributed by atoms with van der Waals surface area (Å²) in [6, 6.07) is 0. The van der Waals surface area contributed by atoms with E-state index in [-0.39, 0.29) is 19.7 Å². The summed E-state index contributed by atoms with van der Waals surface area (Å²) in [5, 5.41) is 0. The van der Waals surface area contributed by atoms with Crippen molar-refractivity contribution in [1.29, 1.82) is 0 Å². The summed E-state index contributed by atoms with van der Waals surface area (Å²) in [6.07, 6.45) is -8.22. The number of hydrogen-bond donors (Lipinski definition) is 0. The highest BCUT2D eigenvalue weighted by Gasteiger charge is 2.61. The van der Waals surface area contributed by atoms with E-state index in [0.29, 0.717) is 6.42 Å². The van der Waals surface area contributed by atoms with Crippen LogP contribution >= 0.6 is 0 Å². The van der Waals surface area contributed by atoms with Crippen LogP contribution in [-0.2, 0) is 9.47 Å². The standard InChI is InChI=1S/C11H19F4NO2/c1-4-16(5-2)11(9(12)10(13,14)15)17-7-6-8(3)18-11/h8-9H,4-7H2,1-3H3. The minimum Gasteiger partial charge on any atom is -0.335 e. The Bertz CT molecular complexity index is 270. The first-order valence-corrected chi connectivity index (χ1v) is 6.05. The van der Waals surface area contributed by atoms with E-state index in [2.05, 4.69) is 0 Å². The second-order valence-corrected chi connectivity index (χ2v) is 4.27. The van der Waals surface area contributed by atoms with Crippen molar-refractivity contribution in [2.75, 3.05) is 19.7 Å². The van der Waals surface area contributed by atoms with E-state index in [0.717, 1.165) is 0 Å². The van der Waals surface area contributed by atoms with Crippen LogP contribution in [-0.4, -0.2) is 49.0 Å². The molecule has 0 aliphatic carbocycles.